The number of piperidine rings is 1. The molecule has 1 unspecified atom stereocenters. The molecule has 7 heteroatoms. The predicted octanol–water partition coefficient (Wildman–Crippen LogP) is 3.32. The number of benzene rings is 1. The number of rotatable bonds is 6. The smallest absolute Gasteiger partial charge is 0.419 e. The van der Waals surface area contributed by atoms with Gasteiger partial charge in [0.25, 0.3) is 5.91 Å². The van der Waals surface area contributed by atoms with Gasteiger partial charge in [0.05, 0.1) is 5.56 Å². The Balaban J connectivity index is 1.94. The predicted molar refractivity (Wildman–Crippen MR) is 89.4 cm³/mol. The van der Waals surface area contributed by atoms with Gasteiger partial charge in [-0.2, -0.15) is 13.2 Å². The lowest BCUT2D eigenvalue weighted by molar-refractivity contribution is -0.144. The normalized spacial score (nSPS) is 17.4. The summed E-state index contributed by atoms with van der Waals surface area (Å²) in [7, 11) is 1.91. The van der Waals surface area contributed by atoms with E-state index in [0.29, 0.717) is 19.0 Å². The maximum Gasteiger partial charge on any atom is 0.419 e. The molecule has 1 heterocycles. The van der Waals surface area contributed by atoms with Gasteiger partial charge in [-0.25, -0.2) is 0 Å². The number of nitrogens with one attached hydrogen (secondary N) is 1. The topological polar surface area (TPSA) is 41.6 Å². The Bertz CT molecular complexity index is 570. The number of alkyl halides is 3. The molecule has 4 nitrogen and oxygen atoms in total. The maximum absolute atomic E-state index is 13.0. The van der Waals surface area contributed by atoms with Crippen LogP contribution in [0.15, 0.2) is 24.3 Å². The number of nitrogens with zero attached hydrogens (tertiary/aromatic N) is 1. The Morgan fingerprint density at radius 2 is 1.96 bits per heavy atom. The number of ether oxygens (including phenoxy) is 1. The zero-order valence-corrected chi connectivity index (χ0v) is 14.6. The molecule has 0 bridgehead atoms. The summed E-state index contributed by atoms with van der Waals surface area (Å²) in [6.07, 6.45) is -2.55. The first-order valence-corrected chi connectivity index (χ1v) is 8.59. The van der Waals surface area contributed by atoms with E-state index in [-0.39, 0.29) is 11.7 Å². The summed E-state index contributed by atoms with van der Waals surface area (Å²) in [5.41, 5.74) is -0.861. The van der Waals surface area contributed by atoms with E-state index in [0.717, 1.165) is 31.9 Å². The van der Waals surface area contributed by atoms with Crippen LogP contribution in [0, 0.1) is 5.92 Å². The van der Waals surface area contributed by atoms with Gasteiger partial charge in [0.1, 0.15) is 5.75 Å². The summed E-state index contributed by atoms with van der Waals surface area (Å²) in [4.78, 5) is 14.2. The molecular formula is C18H25F3N2O2. The van der Waals surface area contributed by atoms with Crippen molar-refractivity contribution in [2.75, 3.05) is 26.7 Å². The maximum atomic E-state index is 13.0. The minimum absolute atomic E-state index is 0.260. The third-order valence-electron chi connectivity index (χ3n) is 4.57. The van der Waals surface area contributed by atoms with Crippen LogP contribution in [0.1, 0.15) is 31.7 Å². The van der Waals surface area contributed by atoms with Crippen LogP contribution in [-0.4, -0.2) is 43.6 Å². The zero-order chi connectivity index (χ0) is 18.4. The number of carbonyl (C=O) groups excluding carboxylic acids is 1. The Morgan fingerprint density at radius 1 is 1.32 bits per heavy atom. The number of para-hydroxylation sites is 1. The summed E-state index contributed by atoms with van der Waals surface area (Å²) in [5, 5.41) is 3.12. The molecule has 1 aromatic rings. The van der Waals surface area contributed by atoms with E-state index in [4.69, 9.17) is 4.74 Å². The third kappa shape index (κ3) is 5.36. The summed E-state index contributed by atoms with van der Waals surface area (Å²) >= 11 is 0. The van der Waals surface area contributed by atoms with Gasteiger partial charge in [0.2, 0.25) is 0 Å². The Labute approximate surface area is 146 Å². The molecule has 25 heavy (non-hydrogen) atoms. The van der Waals surface area contributed by atoms with Gasteiger partial charge < -0.3 is 15.0 Å². The minimum atomic E-state index is -4.51. The first-order chi connectivity index (χ1) is 11.8. The number of hydrogen-bond donors (Lipinski definition) is 1. The van der Waals surface area contributed by atoms with Crippen LogP contribution in [0.3, 0.4) is 0 Å². The molecule has 1 amide bonds. The highest BCUT2D eigenvalue weighted by molar-refractivity contribution is 5.81. The quantitative estimate of drug-likeness (QED) is 0.848. The number of hydrogen-bond acceptors (Lipinski definition) is 3. The molecular weight excluding hydrogens is 333 g/mol. The first-order valence-electron chi connectivity index (χ1n) is 8.59. The van der Waals surface area contributed by atoms with Crippen molar-refractivity contribution in [3.05, 3.63) is 29.8 Å². The molecule has 1 aromatic carbocycles. The summed E-state index contributed by atoms with van der Waals surface area (Å²) in [5.74, 6) is 0.0162. The van der Waals surface area contributed by atoms with Crippen molar-refractivity contribution in [3.8, 4) is 5.75 Å². The van der Waals surface area contributed by atoms with Crippen molar-refractivity contribution in [1.82, 2.24) is 10.2 Å². The van der Waals surface area contributed by atoms with Crippen molar-refractivity contribution < 1.29 is 22.7 Å². The number of amides is 1. The van der Waals surface area contributed by atoms with Crippen LogP contribution in [0.25, 0.3) is 0 Å². The standard InChI is InChI=1S/C18H25F3N2O2/c1-13(25-16-6-4-3-5-15(16)18(19,20)21)17(24)23-11-8-14(9-12-23)7-10-22-2/h3-6,13-14,22H,7-12H2,1-2H3. The SMILES string of the molecule is CNCCC1CCN(C(=O)C(C)Oc2ccccc2C(F)(F)F)CC1. The second-order valence-electron chi connectivity index (χ2n) is 6.41. The number of likely N-dealkylation sites (tertiary alicyclic amines) is 1. The van der Waals surface area contributed by atoms with E-state index in [9.17, 15) is 18.0 Å². The molecule has 0 radical (unpaired) electrons. The van der Waals surface area contributed by atoms with Crippen LogP contribution < -0.4 is 10.1 Å². The van der Waals surface area contributed by atoms with Crippen LogP contribution >= 0.6 is 0 Å². The van der Waals surface area contributed by atoms with Gasteiger partial charge >= 0.3 is 6.18 Å². The zero-order valence-electron chi connectivity index (χ0n) is 14.6. The van der Waals surface area contributed by atoms with Crippen LogP contribution in [0.5, 0.6) is 5.75 Å². The fourth-order valence-corrected chi connectivity index (χ4v) is 3.09. The highest BCUT2D eigenvalue weighted by Crippen LogP contribution is 2.36. The molecule has 1 N–H and O–H groups in total. The van der Waals surface area contributed by atoms with Gasteiger partial charge in [-0.05, 0) is 57.8 Å². The number of halogens is 3. The van der Waals surface area contributed by atoms with Gasteiger partial charge in [-0.1, -0.05) is 12.1 Å². The van der Waals surface area contributed by atoms with Crippen molar-refractivity contribution >= 4 is 5.91 Å². The largest absolute Gasteiger partial charge is 0.480 e. The fourth-order valence-electron chi connectivity index (χ4n) is 3.09. The lowest BCUT2D eigenvalue weighted by atomic mass is 9.93. The van der Waals surface area contributed by atoms with Gasteiger partial charge in [0.15, 0.2) is 6.10 Å². The van der Waals surface area contributed by atoms with E-state index in [1.807, 2.05) is 7.05 Å². The third-order valence-corrected chi connectivity index (χ3v) is 4.57. The second kappa shape index (κ2) is 8.56. The highest BCUT2D eigenvalue weighted by Gasteiger charge is 2.35. The van der Waals surface area contributed by atoms with Crippen LogP contribution in [0.4, 0.5) is 13.2 Å². The van der Waals surface area contributed by atoms with Gasteiger partial charge in [-0.15, -0.1) is 0 Å². The monoisotopic (exact) mass is 358 g/mol. The average Bonchev–Trinajstić information content (AvgIpc) is 2.59. The van der Waals surface area contributed by atoms with E-state index in [1.54, 1.807) is 4.90 Å². The van der Waals surface area contributed by atoms with Gasteiger partial charge in [0, 0.05) is 13.1 Å². The summed E-state index contributed by atoms with van der Waals surface area (Å²) in [6.45, 7) is 3.71. The molecule has 1 fully saturated rings. The highest BCUT2D eigenvalue weighted by atomic mass is 19.4. The van der Waals surface area contributed by atoms with Gasteiger partial charge in [-0.3, -0.25) is 4.79 Å². The molecule has 0 saturated carbocycles. The molecule has 1 atom stereocenters. The molecule has 1 aliphatic rings. The van der Waals surface area contributed by atoms with Crippen LogP contribution in [0.2, 0.25) is 0 Å². The van der Waals surface area contributed by atoms with Crippen molar-refractivity contribution in [1.29, 1.82) is 0 Å². The Hall–Kier alpha value is -1.76. The number of carbonyl (C=O) groups is 1. The first kappa shape index (κ1) is 19.6. The molecule has 0 aliphatic carbocycles. The van der Waals surface area contributed by atoms with Crippen molar-refractivity contribution in [2.24, 2.45) is 5.92 Å². The van der Waals surface area contributed by atoms with Crippen LogP contribution in [-0.2, 0) is 11.0 Å². The minimum Gasteiger partial charge on any atom is -0.480 e. The van der Waals surface area contributed by atoms with E-state index in [2.05, 4.69) is 5.32 Å². The van der Waals surface area contributed by atoms with Crippen molar-refractivity contribution in [2.45, 2.75) is 38.5 Å². The van der Waals surface area contributed by atoms with E-state index in [1.165, 1.54) is 25.1 Å². The Kier molecular flexibility index (Phi) is 6.70. The molecule has 0 aromatic heterocycles. The lowest BCUT2D eigenvalue weighted by Crippen LogP contribution is -2.45. The lowest BCUT2D eigenvalue weighted by Gasteiger charge is -2.33. The molecule has 140 valence electrons. The van der Waals surface area contributed by atoms with Crippen molar-refractivity contribution in [3.63, 3.8) is 0 Å². The average molecular weight is 358 g/mol. The molecule has 0 spiro atoms. The molecule has 1 saturated heterocycles. The summed E-state index contributed by atoms with van der Waals surface area (Å²) < 4.78 is 44.4. The summed E-state index contributed by atoms with van der Waals surface area (Å²) in [6, 6.07) is 4.98. The second-order valence-corrected chi connectivity index (χ2v) is 6.41. The van der Waals surface area contributed by atoms with E-state index >= 15 is 0 Å². The molecule has 2 rings (SSSR count). The molecule has 1 aliphatic heterocycles. The fraction of sp³-hybridized carbons (Fsp3) is 0.611. The Morgan fingerprint density at radius 3 is 2.56 bits per heavy atom. The van der Waals surface area contributed by atoms with E-state index < -0.39 is 17.8 Å².